The van der Waals surface area contributed by atoms with E-state index in [1.807, 2.05) is 6.07 Å². The number of hydrogen-bond donors (Lipinski definition) is 2. The Hall–Kier alpha value is -2.76. The third kappa shape index (κ3) is 3.36. The summed E-state index contributed by atoms with van der Waals surface area (Å²) in [6.07, 6.45) is 2.99. The Morgan fingerprint density at radius 2 is 2.09 bits per heavy atom. The summed E-state index contributed by atoms with van der Waals surface area (Å²) >= 11 is 0. The minimum absolute atomic E-state index is 0.00147. The number of para-hydroxylation sites is 1. The second-order valence-corrected chi connectivity index (χ2v) is 6.46. The third-order valence-electron chi connectivity index (χ3n) is 3.80. The van der Waals surface area contributed by atoms with Crippen LogP contribution in [0, 0.1) is 5.41 Å². The Kier molecular flexibility index (Phi) is 3.82. The lowest BCUT2D eigenvalue weighted by molar-refractivity contribution is 0.365. The number of aromatic nitrogens is 2. The molecule has 0 bridgehead atoms. The first-order valence-electron chi connectivity index (χ1n) is 7.41. The van der Waals surface area contributed by atoms with E-state index in [1.165, 1.54) is 12.3 Å². The number of aromatic hydroxyl groups is 1. The molecule has 6 heteroatoms. The molecule has 1 aromatic carbocycles. The highest BCUT2D eigenvalue weighted by atomic mass is 16.3. The third-order valence-corrected chi connectivity index (χ3v) is 3.80. The van der Waals surface area contributed by atoms with Crippen LogP contribution in [0.3, 0.4) is 0 Å². The molecule has 0 unspecified atom stereocenters. The molecule has 0 fully saturated rings. The van der Waals surface area contributed by atoms with Crippen LogP contribution in [0.25, 0.3) is 0 Å². The van der Waals surface area contributed by atoms with E-state index in [4.69, 9.17) is 0 Å². The van der Waals surface area contributed by atoms with Gasteiger partial charge in [-0.25, -0.2) is 5.10 Å². The van der Waals surface area contributed by atoms with Crippen molar-refractivity contribution < 1.29 is 5.11 Å². The molecule has 2 N–H and O–H groups in total. The molecular formula is C17H18N4O2. The van der Waals surface area contributed by atoms with Gasteiger partial charge in [-0.3, -0.25) is 4.79 Å². The minimum Gasteiger partial charge on any atom is -0.507 e. The van der Waals surface area contributed by atoms with E-state index >= 15 is 0 Å². The van der Waals surface area contributed by atoms with Crippen molar-refractivity contribution in [3.05, 3.63) is 57.5 Å². The molecule has 1 aliphatic rings. The molecule has 6 nitrogen and oxygen atoms in total. The van der Waals surface area contributed by atoms with Crippen LogP contribution in [0.5, 0.6) is 5.75 Å². The SMILES string of the molecule is CC1(C)C/C(=N\N=C\c2ccccc2O)c2cc(=O)[nH]nc2C1. The quantitative estimate of drug-likeness (QED) is 0.658. The van der Waals surface area contributed by atoms with E-state index in [-0.39, 0.29) is 16.7 Å². The number of hydrogen-bond acceptors (Lipinski definition) is 5. The fourth-order valence-electron chi connectivity index (χ4n) is 2.73. The van der Waals surface area contributed by atoms with E-state index in [1.54, 1.807) is 18.2 Å². The normalized spacial score (nSPS) is 18.3. The standard InChI is InChI=1S/C17H18N4O2/c1-17(2)8-13(12-7-16(23)21-20-14(12)9-17)19-18-10-11-5-3-4-6-15(11)22/h3-7,10,22H,8-9H2,1-2H3,(H,21,23)/b18-10+,19-13+. The summed E-state index contributed by atoms with van der Waals surface area (Å²) in [5, 5.41) is 24.7. The van der Waals surface area contributed by atoms with Gasteiger partial charge in [-0.2, -0.15) is 15.3 Å². The van der Waals surface area contributed by atoms with Crippen LogP contribution < -0.4 is 5.56 Å². The molecule has 0 atom stereocenters. The Balaban J connectivity index is 1.97. The van der Waals surface area contributed by atoms with Crippen molar-refractivity contribution in [3.8, 4) is 5.75 Å². The fourth-order valence-corrected chi connectivity index (χ4v) is 2.73. The van der Waals surface area contributed by atoms with Gasteiger partial charge in [-0.05, 0) is 30.4 Å². The highest BCUT2D eigenvalue weighted by Crippen LogP contribution is 2.33. The zero-order valence-corrected chi connectivity index (χ0v) is 13.1. The van der Waals surface area contributed by atoms with Gasteiger partial charge >= 0.3 is 0 Å². The van der Waals surface area contributed by atoms with Crippen LogP contribution in [0.1, 0.15) is 37.1 Å². The first kappa shape index (κ1) is 15.1. The average Bonchev–Trinajstić information content (AvgIpc) is 2.49. The van der Waals surface area contributed by atoms with Crippen LogP contribution >= 0.6 is 0 Å². The monoisotopic (exact) mass is 310 g/mol. The predicted molar refractivity (Wildman–Crippen MR) is 89.2 cm³/mol. The number of nitrogens with one attached hydrogen (secondary N) is 1. The summed E-state index contributed by atoms with van der Waals surface area (Å²) in [5.41, 5.74) is 2.67. The summed E-state index contributed by atoms with van der Waals surface area (Å²) in [4.78, 5) is 11.5. The van der Waals surface area contributed by atoms with Gasteiger partial charge in [0.2, 0.25) is 0 Å². The van der Waals surface area contributed by atoms with Gasteiger partial charge in [0.25, 0.3) is 5.56 Å². The van der Waals surface area contributed by atoms with Crippen LogP contribution in [0.2, 0.25) is 0 Å². The average molecular weight is 310 g/mol. The van der Waals surface area contributed by atoms with Gasteiger partial charge in [0.15, 0.2) is 0 Å². The predicted octanol–water partition coefficient (Wildman–Crippen LogP) is 2.27. The van der Waals surface area contributed by atoms with Crippen LogP contribution in [-0.2, 0) is 6.42 Å². The molecular weight excluding hydrogens is 292 g/mol. The summed E-state index contributed by atoms with van der Waals surface area (Å²) in [6, 6.07) is 8.43. The molecule has 0 radical (unpaired) electrons. The van der Waals surface area contributed by atoms with Crippen molar-refractivity contribution in [1.29, 1.82) is 0 Å². The van der Waals surface area contributed by atoms with Gasteiger partial charge in [0, 0.05) is 17.2 Å². The summed E-state index contributed by atoms with van der Waals surface area (Å²) < 4.78 is 0. The number of rotatable bonds is 2. The number of nitrogens with zero attached hydrogens (tertiary/aromatic N) is 3. The van der Waals surface area contributed by atoms with Crippen molar-refractivity contribution in [3.63, 3.8) is 0 Å². The minimum atomic E-state index is -0.249. The molecule has 118 valence electrons. The van der Waals surface area contributed by atoms with E-state index in [0.29, 0.717) is 12.0 Å². The number of aromatic amines is 1. The Bertz CT molecular complexity index is 850. The van der Waals surface area contributed by atoms with Crippen molar-refractivity contribution in [2.75, 3.05) is 0 Å². The smallest absolute Gasteiger partial charge is 0.264 e. The Morgan fingerprint density at radius 1 is 1.30 bits per heavy atom. The van der Waals surface area contributed by atoms with Crippen LogP contribution in [-0.4, -0.2) is 27.2 Å². The van der Waals surface area contributed by atoms with Crippen molar-refractivity contribution in [1.82, 2.24) is 10.2 Å². The topological polar surface area (TPSA) is 90.7 Å². The van der Waals surface area contributed by atoms with Crippen LogP contribution in [0.15, 0.2) is 45.3 Å². The summed E-state index contributed by atoms with van der Waals surface area (Å²) in [7, 11) is 0. The molecule has 0 saturated carbocycles. The van der Waals surface area contributed by atoms with E-state index in [0.717, 1.165) is 23.4 Å². The second kappa shape index (κ2) is 5.79. The summed E-state index contributed by atoms with van der Waals surface area (Å²) in [6.45, 7) is 4.26. The molecule has 1 heterocycles. The van der Waals surface area contributed by atoms with Crippen molar-refractivity contribution in [2.24, 2.45) is 15.6 Å². The van der Waals surface area contributed by atoms with E-state index in [9.17, 15) is 9.90 Å². The Labute approximate surface area is 133 Å². The number of phenols is 1. The molecule has 0 saturated heterocycles. The number of fused-ring (bicyclic) bond motifs is 1. The zero-order valence-electron chi connectivity index (χ0n) is 13.1. The molecule has 3 rings (SSSR count). The maximum Gasteiger partial charge on any atom is 0.264 e. The van der Waals surface area contributed by atoms with Gasteiger partial charge < -0.3 is 5.11 Å². The highest BCUT2D eigenvalue weighted by molar-refractivity contribution is 6.03. The molecule has 0 amide bonds. The van der Waals surface area contributed by atoms with Crippen molar-refractivity contribution in [2.45, 2.75) is 26.7 Å². The number of H-pyrrole nitrogens is 1. The second-order valence-electron chi connectivity index (χ2n) is 6.46. The first-order valence-corrected chi connectivity index (χ1v) is 7.41. The molecule has 0 spiro atoms. The maximum atomic E-state index is 11.5. The van der Waals surface area contributed by atoms with Crippen LogP contribution in [0.4, 0.5) is 0 Å². The molecule has 2 aromatic rings. The summed E-state index contributed by atoms with van der Waals surface area (Å²) in [5.74, 6) is 0.152. The lowest BCUT2D eigenvalue weighted by Crippen LogP contribution is -2.30. The van der Waals surface area contributed by atoms with Crippen molar-refractivity contribution >= 4 is 11.9 Å². The van der Waals surface area contributed by atoms with Gasteiger partial charge in [0.1, 0.15) is 5.75 Å². The largest absolute Gasteiger partial charge is 0.507 e. The lowest BCUT2D eigenvalue weighted by atomic mass is 9.75. The molecule has 0 aliphatic heterocycles. The number of phenolic OH excluding ortho intramolecular Hbond substituents is 1. The lowest BCUT2D eigenvalue weighted by Gasteiger charge is -2.30. The maximum absolute atomic E-state index is 11.5. The first-order chi connectivity index (χ1) is 10.9. The van der Waals surface area contributed by atoms with E-state index in [2.05, 4.69) is 34.2 Å². The molecule has 23 heavy (non-hydrogen) atoms. The Morgan fingerprint density at radius 3 is 2.87 bits per heavy atom. The van der Waals surface area contributed by atoms with E-state index < -0.39 is 0 Å². The zero-order chi connectivity index (χ0) is 16.4. The van der Waals surface area contributed by atoms with Gasteiger partial charge in [-0.15, -0.1) is 0 Å². The van der Waals surface area contributed by atoms with Gasteiger partial charge in [0.05, 0.1) is 17.6 Å². The van der Waals surface area contributed by atoms with Gasteiger partial charge in [-0.1, -0.05) is 26.0 Å². The molecule has 1 aliphatic carbocycles. The fraction of sp³-hybridized carbons (Fsp3) is 0.294. The molecule has 1 aromatic heterocycles. The number of benzene rings is 1. The highest BCUT2D eigenvalue weighted by Gasteiger charge is 2.31.